The standard InChI is InChI=1S/C75H146O17P2/c1-9-66(6)52-44-36-28-22-17-19-25-31-41-49-57-74(79)91-70(61-85-72(77)55-47-39-30-24-16-14-12-13-15-21-27-35-43-51-65(4)5)63-89-93(81,82)87-59-69(76)60-88-94(83,84)90-64-71(62-86-73(78)56-48-40-34-33-38-46-54-68(8)11-3)92-75(80)58-50-42-32-26-20-18-23-29-37-45-53-67(7)10-2/h65-71,76H,9-64H2,1-8H3,(H,81,82)(H,83,84)/t66?,67?,68?,69-,70-,71-/m1/s1. The molecule has 19 heteroatoms. The van der Waals surface area contributed by atoms with Gasteiger partial charge in [0.25, 0.3) is 0 Å². The molecule has 8 atom stereocenters. The van der Waals surface area contributed by atoms with Crippen molar-refractivity contribution in [2.45, 2.75) is 395 Å². The van der Waals surface area contributed by atoms with E-state index >= 15 is 0 Å². The SMILES string of the molecule is CCC(C)CCCCCCCCCCCCC(=O)O[C@H](COC(=O)CCCCCCCCCCCCCCCC(C)C)COP(=O)(O)OC[C@@H](O)COP(=O)(O)OC[C@@H](COC(=O)CCCCCCCCC(C)CC)OC(=O)CCCCCCCCCCCCC(C)CC. The number of carbonyl (C=O) groups is 4. The van der Waals surface area contributed by atoms with Gasteiger partial charge in [0.2, 0.25) is 0 Å². The van der Waals surface area contributed by atoms with Gasteiger partial charge in [-0.15, -0.1) is 0 Å². The lowest BCUT2D eigenvalue weighted by molar-refractivity contribution is -0.161. The first-order valence-electron chi connectivity index (χ1n) is 38.8. The van der Waals surface area contributed by atoms with Crippen molar-refractivity contribution in [2.24, 2.45) is 23.7 Å². The Labute approximate surface area is 575 Å². The van der Waals surface area contributed by atoms with Crippen molar-refractivity contribution in [2.75, 3.05) is 39.6 Å². The van der Waals surface area contributed by atoms with Crippen molar-refractivity contribution in [1.82, 2.24) is 0 Å². The van der Waals surface area contributed by atoms with Gasteiger partial charge in [0, 0.05) is 25.7 Å². The first-order chi connectivity index (χ1) is 45.2. The van der Waals surface area contributed by atoms with E-state index in [-0.39, 0.29) is 25.7 Å². The average Bonchev–Trinajstić information content (AvgIpc) is 1.70. The minimum absolute atomic E-state index is 0.105. The second-order valence-electron chi connectivity index (χ2n) is 28.2. The van der Waals surface area contributed by atoms with Crippen LogP contribution in [0.25, 0.3) is 0 Å². The maximum atomic E-state index is 13.1. The molecule has 17 nitrogen and oxygen atoms in total. The van der Waals surface area contributed by atoms with Gasteiger partial charge in [-0.05, 0) is 49.4 Å². The molecule has 0 aliphatic carbocycles. The molecule has 0 radical (unpaired) electrons. The van der Waals surface area contributed by atoms with E-state index in [9.17, 15) is 43.2 Å². The van der Waals surface area contributed by atoms with Crippen LogP contribution >= 0.6 is 15.6 Å². The third-order valence-electron chi connectivity index (χ3n) is 18.4. The zero-order chi connectivity index (χ0) is 69.6. The molecule has 0 aromatic carbocycles. The lowest BCUT2D eigenvalue weighted by Crippen LogP contribution is -2.30. The van der Waals surface area contributed by atoms with Crippen molar-refractivity contribution < 1.29 is 80.2 Å². The van der Waals surface area contributed by atoms with Crippen LogP contribution in [0.3, 0.4) is 0 Å². The number of unbranched alkanes of at least 4 members (excludes halogenated alkanes) is 35. The Balaban J connectivity index is 5.27. The lowest BCUT2D eigenvalue weighted by atomic mass is 9.99. The van der Waals surface area contributed by atoms with Crippen molar-refractivity contribution >= 4 is 39.5 Å². The number of rotatable bonds is 72. The summed E-state index contributed by atoms with van der Waals surface area (Å²) in [6, 6.07) is 0. The van der Waals surface area contributed by atoms with E-state index < -0.39 is 97.5 Å². The van der Waals surface area contributed by atoms with Crippen LogP contribution in [0.4, 0.5) is 0 Å². The largest absolute Gasteiger partial charge is 0.472 e. The maximum absolute atomic E-state index is 13.1. The minimum atomic E-state index is -4.96. The average molecular weight is 1380 g/mol. The fourth-order valence-electron chi connectivity index (χ4n) is 11.3. The van der Waals surface area contributed by atoms with E-state index in [4.69, 9.17) is 37.0 Å². The fraction of sp³-hybridized carbons (Fsp3) is 0.947. The summed E-state index contributed by atoms with van der Waals surface area (Å²) in [5.41, 5.74) is 0. The third-order valence-corrected chi connectivity index (χ3v) is 20.3. The summed E-state index contributed by atoms with van der Waals surface area (Å²) in [4.78, 5) is 72.8. The smallest absolute Gasteiger partial charge is 0.462 e. The second-order valence-corrected chi connectivity index (χ2v) is 31.1. The summed E-state index contributed by atoms with van der Waals surface area (Å²) in [7, 11) is -9.91. The van der Waals surface area contributed by atoms with Gasteiger partial charge in [-0.2, -0.15) is 0 Å². The van der Waals surface area contributed by atoms with Gasteiger partial charge in [0.1, 0.15) is 19.3 Å². The van der Waals surface area contributed by atoms with Gasteiger partial charge < -0.3 is 33.8 Å². The molecule has 0 saturated carbocycles. The Morgan fingerprint density at radius 3 is 0.755 bits per heavy atom. The molecule has 94 heavy (non-hydrogen) atoms. The van der Waals surface area contributed by atoms with E-state index in [1.54, 1.807) is 0 Å². The molecule has 558 valence electrons. The normalized spacial score (nSPS) is 15.0. The van der Waals surface area contributed by atoms with Gasteiger partial charge in [-0.25, -0.2) is 9.13 Å². The predicted molar refractivity (Wildman–Crippen MR) is 381 cm³/mol. The summed E-state index contributed by atoms with van der Waals surface area (Å²) in [5, 5.41) is 10.6. The Hall–Kier alpha value is -1.94. The van der Waals surface area contributed by atoms with Crippen LogP contribution in [0.1, 0.15) is 376 Å². The van der Waals surface area contributed by atoms with Gasteiger partial charge in [0.15, 0.2) is 12.2 Å². The van der Waals surface area contributed by atoms with Crippen LogP contribution in [-0.4, -0.2) is 96.7 Å². The van der Waals surface area contributed by atoms with Gasteiger partial charge in [-0.1, -0.05) is 325 Å². The van der Waals surface area contributed by atoms with E-state index in [0.29, 0.717) is 25.7 Å². The number of hydrogen-bond acceptors (Lipinski definition) is 15. The van der Waals surface area contributed by atoms with Crippen LogP contribution in [0.15, 0.2) is 0 Å². The highest BCUT2D eigenvalue weighted by atomic mass is 31.2. The van der Waals surface area contributed by atoms with E-state index in [0.717, 1.165) is 120 Å². The van der Waals surface area contributed by atoms with Crippen molar-refractivity contribution in [1.29, 1.82) is 0 Å². The van der Waals surface area contributed by atoms with E-state index in [1.807, 2.05) is 0 Å². The Kier molecular flexibility index (Phi) is 63.1. The van der Waals surface area contributed by atoms with Crippen molar-refractivity contribution in [3.05, 3.63) is 0 Å². The number of phosphoric ester groups is 2. The van der Waals surface area contributed by atoms with E-state index in [1.165, 1.54) is 173 Å². The van der Waals surface area contributed by atoms with Gasteiger partial charge in [-0.3, -0.25) is 37.3 Å². The number of aliphatic hydroxyl groups excluding tert-OH is 1. The molecule has 0 aliphatic rings. The molecule has 0 spiro atoms. The maximum Gasteiger partial charge on any atom is 0.472 e. The molecule has 0 saturated heterocycles. The number of esters is 4. The van der Waals surface area contributed by atoms with Gasteiger partial charge >= 0.3 is 39.5 Å². The van der Waals surface area contributed by atoms with Gasteiger partial charge in [0.05, 0.1) is 26.4 Å². The molecule has 0 bridgehead atoms. The Morgan fingerprint density at radius 1 is 0.298 bits per heavy atom. The molecular weight excluding hydrogens is 1230 g/mol. The quantitative estimate of drug-likeness (QED) is 0.0222. The molecule has 0 aromatic rings. The highest BCUT2D eigenvalue weighted by molar-refractivity contribution is 7.47. The number of phosphoric acid groups is 2. The minimum Gasteiger partial charge on any atom is -0.462 e. The molecule has 0 aliphatic heterocycles. The summed E-state index contributed by atoms with van der Waals surface area (Å²) >= 11 is 0. The Bertz CT molecular complexity index is 1860. The molecule has 5 unspecified atom stereocenters. The van der Waals surface area contributed by atoms with Crippen molar-refractivity contribution in [3.8, 4) is 0 Å². The van der Waals surface area contributed by atoms with Crippen molar-refractivity contribution in [3.63, 3.8) is 0 Å². The summed E-state index contributed by atoms with van der Waals surface area (Å²) < 4.78 is 68.5. The molecule has 3 N–H and O–H groups in total. The molecule has 0 aromatic heterocycles. The fourth-order valence-corrected chi connectivity index (χ4v) is 12.9. The zero-order valence-corrected chi connectivity index (χ0v) is 63.4. The molecule has 0 rings (SSSR count). The molecule has 0 amide bonds. The number of aliphatic hydroxyl groups is 1. The van der Waals surface area contributed by atoms with E-state index in [2.05, 4.69) is 55.4 Å². The summed E-state index contributed by atoms with van der Waals surface area (Å²) in [6.45, 7) is 14.2. The van der Waals surface area contributed by atoms with Crippen LogP contribution in [-0.2, 0) is 65.4 Å². The highest BCUT2D eigenvalue weighted by Crippen LogP contribution is 2.45. The summed E-state index contributed by atoms with van der Waals surface area (Å²) in [6.07, 6.45) is 48.4. The monoisotopic (exact) mass is 1380 g/mol. The van der Waals surface area contributed by atoms with Crippen LogP contribution in [0.2, 0.25) is 0 Å². The topological polar surface area (TPSA) is 237 Å². The number of carbonyl (C=O) groups excluding carboxylic acids is 4. The zero-order valence-electron chi connectivity index (χ0n) is 61.6. The molecule has 0 fully saturated rings. The van der Waals surface area contributed by atoms with Crippen LogP contribution in [0, 0.1) is 23.7 Å². The number of hydrogen-bond donors (Lipinski definition) is 3. The first kappa shape index (κ1) is 92.1. The molecule has 0 heterocycles. The second kappa shape index (κ2) is 64.4. The number of ether oxygens (including phenoxy) is 4. The predicted octanol–water partition coefficient (Wildman–Crippen LogP) is 21.7. The highest BCUT2D eigenvalue weighted by Gasteiger charge is 2.30. The third kappa shape index (κ3) is 64.7. The van der Waals surface area contributed by atoms with Crippen LogP contribution in [0.5, 0.6) is 0 Å². The summed E-state index contributed by atoms with van der Waals surface area (Å²) in [5.74, 6) is 1.01. The molecular formula is C75H146O17P2. The lowest BCUT2D eigenvalue weighted by Gasteiger charge is -2.21. The van der Waals surface area contributed by atoms with Crippen LogP contribution < -0.4 is 0 Å². The first-order valence-corrected chi connectivity index (χ1v) is 41.8. The Morgan fingerprint density at radius 2 is 0.511 bits per heavy atom.